The topological polar surface area (TPSA) is 70.7 Å². The number of nitrogens with zero attached hydrogens (tertiary/aromatic N) is 2. The highest BCUT2D eigenvalue weighted by Crippen LogP contribution is 2.24. The van der Waals surface area contributed by atoms with Gasteiger partial charge in [-0.2, -0.15) is 0 Å². The minimum Gasteiger partial charge on any atom is -0.309 e. The van der Waals surface area contributed by atoms with Gasteiger partial charge in [-0.15, -0.1) is 0 Å². The maximum absolute atomic E-state index is 11.4. The van der Waals surface area contributed by atoms with E-state index in [0.29, 0.717) is 10.9 Å². The van der Waals surface area contributed by atoms with Crippen LogP contribution in [0.25, 0.3) is 0 Å². The van der Waals surface area contributed by atoms with Gasteiger partial charge in [-0.05, 0) is 32.5 Å². The molecule has 2 heterocycles. The molecule has 1 atom stereocenters. The van der Waals surface area contributed by atoms with Crippen LogP contribution in [-0.2, 0) is 0 Å². The van der Waals surface area contributed by atoms with Gasteiger partial charge in [0.25, 0.3) is 5.56 Å². The first-order chi connectivity index (χ1) is 9.58. The number of aromatic nitrogens is 3. The van der Waals surface area contributed by atoms with Gasteiger partial charge in [0.2, 0.25) is 0 Å². The lowest BCUT2D eigenvalue weighted by Gasteiger charge is -2.11. The Hall–Kier alpha value is -1.66. The first-order valence-electron chi connectivity index (χ1n) is 6.53. The van der Waals surface area contributed by atoms with Crippen LogP contribution in [0.5, 0.6) is 0 Å². The summed E-state index contributed by atoms with van der Waals surface area (Å²) in [7, 11) is 0. The van der Waals surface area contributed by atoms with Gasteiger partial charge >= 0.3 is 0 Å². The van der Waals surface area contributed by atoms with Gasteiger partial charge in [0.15, 0.2) is 5.16 Å². The highest BCUT2D eigenvalue weighted by molar-refractivity contribution is 7.99. The monoisotopic (exact) mass is 290 g/mol. The molecule has 106 valence electrons. The summed E-state index contributed by atoms with van der Waals surface area (Å²) in [5, 5.41) is 3.90. The molecule has 0 radical (unpaired) electrons. The second-order valence-corrected chi connectivity index (χ2v) is 5.55. The average molecular weight is 290 g/mol. The molecule has 0 saturated heterocycles. The summed E-state index contributed by atoms with van der Waals surface area (Å²) in [4.78, 5) is 23.8. The molecule has 0 amide bonds. The van der Waals surface area contributed by atoms with Crippen molar-refractivity contribution in [2.75, 3.05) is 6.54 Å². The lowest BCUT2D eigenvalue weighted by atomic mass is 10.2. The molecular formula is C14H18N4OS. The molecule has 0 aromatic carbocycles. The minimum absolute atomic E-state index is 0.134. The van der Waals surface area contributed by atoms with Crippen LogP contribution in [-0.4, -0.2) is 21.5 Å². The number of aromatic amines is 1. The van der Waals surface area contributed by atoms with Crippen LogP contribution >= 0.6 is 11.8 Å². The quantitative estimate of drug-likeness (QED) is 0.827. The molecule has 0 spiro atoms. The Morgan fingerprint density at radius 2 is 2.25 bits per heavy atom. The molecule has 0 fully saturated rings. The predicted molar refractivity (Wildman–Crippen MR) is 80.0 cm³/mol. The summed E-state index contributed by atoms with van der Waals surface area (Å²) in [6.45, 7) is 6.87. The van der Waals surface area contributed by atoms with Crippen molar-refractivity contribution in [3.63, 3.8) is 0 Å². The maximum atomic E-state index is 11.4. The smallest absolute Gasteiger partial charge is 0.251 e. The third-order valence-electron chi connectivity index (χ3n) is 2.78. The fourth-order valence-corrected chi connectivity index (χ4v) is 2.64. The number of rotatable bonds is 5. The Labute approximate surface area is 122 Å². The van der Waals surface area contributed by atoms with Gasteiger partial charge in [0.05, 0.1) is 5.69 Å². The van der Waals surface area contributed by atoms with Crippen molar-refractivity contribution >= 4 is 11.8 Å². The van der Waals surface area contributed by atoms with E-state index in [2.05, 4.69) is 34.1 Å². The zero-order valence-corrected chi connectivity index (χ0v) is 12.6. The van der Waals surface area contributed by atoms with Crippen LogP contribution in [0.4, 0.5) is 0 Å². The molecule has 2 N–H and O–H groups in total. The summed E-state index contributed by atoms with van der Waals surface area (Å²) in [6, 6.07) is 5.69. The van der Waals surface area contributed by atoms with Gasteiger partial charge in [0, 0.05) is 28.9 Å². The van der Waals surface area contributed by atoms with E-state index >= 15 is 0 Å². The van der Waals surface area contributed by atoms with Gasteiger partial charge in [-0.3, -0.25) is 9.78 Å². The van der Waals surface area contributed by atoms with Crippen molar-refractivity contribution in [2.45, 2.75) is 36.9 Å². The van der Waals surface area contributed by atoms with Crippen molar-refractivity contribution in [1.82, 2.24) is 20.3 Å². The molecule has 0 aliphatic heterocycles. The number of aryl methyl sites for hydroxylation is 1. The maximum Gasteiger partial charge on any atom is 0.251 e. The van der Waals surface area contributed by atoms with Crippen LogP contribution in [0.15, 0.2) is 39.2 Å². The Kier molecular flexibility index (Phi) is 4.92. The number of pyridine rings is 1. The van der Waals surface area contributed by atoms with Crippen molar-refractivity contribution in [2.24, 2.45) is 0 Å². The second-order valence-electron chi connectivity index (χ2n) is 4.49. The van der Waals surface area contributed by atoms with E-state index in [-0.39, 0.29) is 11.6 Å². The Morgan fingerprint density at radius 3 is 2.85 bits per heavy atom. The van der Waals surface area contributed by atoms with Crippen LogP contribution in [0.2, 0.25) is 0 Å². The third kappa shape index (κ3) is 3.91. The van der Waals surface area contributed by atoms with Crippen molar-refractivity contribution in [1.29, 1.82) is 0 Å². The Balaban J connectivity index is 2.12. The van der Waals surface area contributed by atoms with E-state index in [9.17, 15) is 4.79 Å². The van der Waals surface area contributed by atoms with E-state index in [1.165, 1.54) is 17.8 Å². The van der Waals surface area contributed by atoms with Gasteiger partial charge in [-0.25, -0.2) is 4.98 Å². The molecule has 2 rings (SSSR count). The van der Waals surface area contributed by atoms with E-state index in [4.69, 9.17) is 0 Å². The number of H-pyrrole nitrogens is 1. The van der Waals surface area contributed by atoms with Crippen LogP contribution < -0.4 is 10.9 Å². The first-order valence-corrected chi connectivity index (χ1v) is 7.35. The van der Waals surface area contributed by atoms with E-state index < -0.39 is 0 Å². The lowest BCUT2D eigenvalue weighted by Crippen LogP contribution is -2.18. The first kappa shape index (κ1) is 14.7. The van der Waals surface area contributed by atoms with Crippen molar-refractivity contribution in [3.8, 4) is 0 Å². The van der Waals surface area contributed by atoms with Gasteiger partial charge in [-0.1, -0.05) is 18.7 Å². The van der Waals surface area contributed by atoms with Crippen LogP contribution in [0, 0.1) is 6.92 Å². The van der Waals surface area contributed by atoms with E-state index in [0.717, 1.165) is 17.1 Å². The summed E-state index contributed by atoms with van der Waals surface area (Å²) in [5.41, 5.74) is 1.58. The molecular weight excluding hydrogens is 272 g/mol. The molecule has 5 nitrogen and oxygen atoms in total. The Morgan fingerprint density at radius 1 is 1.45 bits per heavy atom. The SMILES string of the molecule is CCNC(C)c1ccc(Sc2nc(C)cc(=O)[nH]2)cn1. The normalized spacial score (nSPS) is 12.3. The number of hydrogen-bond donors (Lipinski definition) is 2. The summed E-state index contributed by atoms with van der Waals surface area (Å²) in [6.07, 6.45) is 1.80. The third-order valence-corrected chi connectivity index (χ3v) is 3.64. The fourth-order valence-electron chi connectivity index (χ4n) is 1.83. The molecule has 0 saturated carbocycles. The molecule has 0 aliphatic carbocycles. The Bertz CT molecular complexity index is 624. The molecule has 6 heteroatoms. The molecule has 2 aromatic heterocycles. The molecule has 1 unspecified atom stereocenters. The number of hydrogen-bond acceptors (Lipinski definition) is 5. The zero-order chi connectivity index (χ0) is 14.5. The summed E-state index contributed by atoms with van der Waals surface area (Å²) >= 11 is 1.40. The second kappa shape index (κ2) is 6.67. The number of nitrogens with one attached hydrogen (secondary N) is 2. The highest BCUT2D eigenvalue weighted by Gasteiger charge is 2.06. The van der Waals surface area contributed by atoms with Crippen molar-refractivity contribution < 1.29 is 0 Å². The van der Waals surface area contributed by atoms with Crippen LogP contribution in [0.1, 0.15) is 31.3 Å². The zero-order valence-electron chi connectivity index (χ0n) is 11.8. The average Bonchev–Trinajstić information content (AvgIpc) is 2.38. The molecule has 0 bridgehead atoms. The van der Waals surface area contributed by atoms with Crippen LogP contribution in [0.3, 0.4) is 0 Å². The molecule has 20 heavy (non-hydrogen) atoms. The van der Waals surface area contributed by atoms with E-state index in [1.807, 2.05) is 12.1 Å². The largest absolute Gasteiger partial charge is 0.309 e. The minimum atomic E-state index is -0.134. The van der Waals surface area contributed by atoms with Crippen molar-refractivity contribution in [3.05, 3.63) is 46.1 Å². The molecule has 2 aromatic rings. The van der Waals surface area contributed by atoms with E-state index in [1.54, 1.807) is 13.1 Å². The van der Waals surface area contributed by atoms with Gasteiger partial charge in [0.1, 0.15) is 0 Å². The molecule has 0 aliphatic rings. The summed E-state index contributed by atoms with van der Waals surface area (Å²) < 4.78 is 0. The summed E-state index contributed by atoms with van der Waals surface area (Å²) in [5.74, 6) is 0. The standard InChI is InChI=1S/C14H18N4OS/c1-4-15-10(3)12-6-5-11(8-16-12)20-14-17-9(2)7-13(19)18-14/h5-8,10,15H,4H2,1-3H3,(H,17,18,19). The predicted octanol–water partition coefficient (Wildman–Crippen LogP) is 2.30. The van der Waals surface area contributed by atoms with Gasteiger partial charge < -0.3 is 10.3 Å². The lowest BCUT2D eigenvalue weighted by molar-refractivity contribution is 0.582. The highest BCUT2D eigenvalue weighted by atomic mass is 32.2. The fraction of sp³-hybridized carbons (Fsp3) is 0.357.